The van der Waals surface area contributed by atoms with Gasteiger partial charge in [-0.05, 0) is 42.5 Å². The minimum atomic E-state index is -1.19. The fraction of sp³-hybridized carbons (Fsp3) is 0.333. The van der Waals surface area contributed by atoms with Crippen LogP contribution in [-0.4, -0.2) is 33.1 Å². The lowest BCUT2D eigenvalue weighted by Gasteiger charge is -2.30. The molecule has 29 heavy (non-hydrogen) atoms. The van der Waals surface area contributed by atoms with Crippen molar-refractivity contribution < 1.29 is 19.8 Å². The zero-order valence-electron chi connectivity index (χ0n) is 16.5. The summed E-state index contributed by atoms with van der Waals surface area (Å²) in [6.07, 6.45) is 5.54. The van der Waals surface area contributed by atoms with Crippen molar-refractivity contribution in [3.8, 4) is 0 Å². The normalized spacial score (nSPS) is 25.0. The highest BCUT2D eigenvalue weighted by atomic mass is 32.2. The zero-order chi connectivity index (χ0) is 20.7. The molecule has 3 aliphatic rings. The molecule has 3 aliphatic carbocycles. The van der Waals surface area contributed by atoms with Crippen molar-refractivity contribution in [3.63, 3.8) is 0 Å². The molecule has 0 heterocycles. The quantitative estimate of drug-likeness (QED) is 0.763. The van der Waals surface area contributed by atoms with Gasteiger partial charge in [0.2, 0.25) is 0 Å². The number of hydrogen-bond donors (Lipinski definition) is 2. The molecule has 0 aromatic heterocycles. The Bertz CT molecular complexity index is 994. The molecular weight excluding hydrogens is 384 g/mol. The van der Waals surface area contributed by atoms with Gasteiger partial charge in [0.05, 0.1) is 0 Å². The Morgan fingerprint density at radius 3 is 2.55 bits per heavy atom. The van der Waals surface area contributed by atoms with Crippen LogP contribution in [0.2, 0.25) is 0 Å². The number of rotatable bonds is 4. The number of ketones is 2. The summed E-state index contributed by atoms with van der Waals surface area (Å²) in [5, 5.41) is 20.5. The van der Waals surface area contributed by atoms with Gasteiger partial charge >= 0.3 is 0 Å². The topological polar surface area (TPSA) is 74.6 Å². The van der Waals surface area contributed by atoms with Crippen LogP contribution in [0.1, 0.15) is 44.6 Å². The highest BCUT2D eigenvalue weighted by Crippen LogP contribution is 2.42. The van der Waals surface area contributed by atoms with Gasteiger partial charge in [-0.25, -0.2) is 0 Å². The highest BCUT2D eigenvalue weighted by Gasteiger charge is 2.38. The Morgan fingerprint density at radius 1 is 1.14 bits per heavy atom. The van der Waals surface area contributed by atoms with E-state index in [1.54, 1.807) is 11.8 Å². The molecule has 3 atom stereocenters. The van der Waals surface area contributed by atoms with E-state index in [0.29, 0.717) is 29.1 Å². The molecule has 0 spiro atoms. The Balaban J connectivity index is 1.59. The van der Waals surface area contributed by atoms with Gasteiger partial charge in [-0.1, -0.05) is 38.1 Å². The first-order valence-corrected chi connectivity index (χ1v) is 10.9. The zero-order valence-corrected chi connectivity index (χ0v) is 17.3. The van der Waals surface area contributed by atoms with Gasteiger partial charge in [-0.15, -0.1) is 11.8 Å². The number of aliphatic hydroxyl groups excluding tert-OH is 2. The maximum Gasteiger partial charge on any atom is 0.194 e. The van der Waals surface area contributed by atoms with Crippen molar-refractivity contribution in [3.05, 3.63) is 76.1 Å². The van der Waals surface area contributed by atoms with E-state index in [9.17, 15) is 19.8 Å². The lowest BCUT2D eigenvalue weighted by atomic mass is 9.76. The molecule has 2 N–H and O–H groups in total. The summed E-state index contributed by atoms with van der Waals surface area (Å²) in [7, 11) is 0. The third kappa shape index (κ3) is 3.65. The van der Waals surface area contributed by atoms with Gasteiger partial charge in [0.1, 0.15) is 11.9 Å². The third-order valence-electron chi connectivity index (χ3n) is 5.91. The first-order valence-electron chi connectivity index (χ1n) is 9.99. The Hall–Kier alpha value is -2.37. The first-order chi connectivity index (χ1) is 13.9. The lowest BCUT2D eigenvalue weighted by Crippen LogP contribution is -2.31. The van der Waals surface area contributed by atoms with Crippen molar-refractivity contribution in [1.82, 2.24) is 0 Å². The van der Waals surface area contributed by atoms with Crippen LogP contribution in [0, 0.1) is 0 Å². The van der Waals surface area contributed by atoms with Gasteiger partial charge < -0.3 is 10.2 Å². The molecule has 1 aromatic rings. The molecular formula is C24H24O4S. The minimum Gasteiger partial charge on any atom is -0.507 e. The van der Waals surface area contributed by atoms with Crippen molar-refractivity contribution >= 4 is 23.3 Å². The van der Waals surface area contributed by atoms with Crippen LogP contribution in [0.15, 0.2) is 75.4 Å². The third-order valence-corrected chi connectivity index (χ3v) is 7.09. The first kappa shape index (κ1) is 19.9. The molecule has 150 valence electrons. The van der Waals surface area contributed by atoms with E-state index in [1.165, 1.54) is 11.6 Å². The number of hydrogen-bond acceptors (Lipinski definition) is 5. The number of carbonyl (C=O) groups is 2. The van der Waals surface area contributed by atoms with Crippen LogP contribution < -0.4 is 0 Å². The summed E-state index contributed by atoms with van der Waals surface area (Å²) < 4.78 is 0. The molecule has 3 unspecified atom stereocenters. The lowest BCUT2D eigenvalue weighted by molar-refractivity contribution is -0.123. The molecule has 4 rings (SSSR count). The van der Waals surface area contributed by atoms with Crippen LogP contribution in [0.5, 0.6) is 0 Å². The fourth-order valence-corrected chi connectivity index (χ4v) is 4.98. The van der Waals surface area contributed by atoms with E-state index >= 15 is 0 Å². The fourth-order valence-electron chi connectivity index (χ4n) is 3.94. The number of Topliss-reactive ketones (excluding diaryl/α,β-unsaturated/α-hetero) is 1. The van der Waals surface area contributed by atoms with Crippen molar-refractivity contribution in [1.29, 1.82) is 0 Å². The molecule has 1 aromatic carbocycles. The van der Waals surface area contributed by atoms with Gasteiger partial charge in [0.25, 0.3) is 0 Å². The predicted octanol–water partition coefficient (Wildman–Crippen LogP) is 4.57. The van der Waals surface area contributed by atoms with E-state index < -0.39 is 11.9 Å². The second-order valence-electron chi connectivity index (χ2n) is 7.81. The molecule has 0 saturated carbocycles. The SMILES string of the molecule is CCC(C)c1ccc(SC2C=C3C(=O)C4=CC(=O)C(O)CC4=C(O)C3=CC2)cc1. The number of aliphatic hydroxyl groups is 2. The van der Waals surface area contributed by atoms with E-state index in [1.807, 2.05) is 12.2 Å². The Labute approximate surface area is 174 Å². The van der Waals surface area contributed by atoms with Gasteiger partial charge in [0, 0.05) is 38.9 Å². The summed E-state index contributed by atoms with van der Waals surface area (Å²) in [6, 6.07) is 8.55. The van der Waals surface area contributed by atoms with Crippen LogP contribution in [0.25, 0.3) is 0 Å². The molecule has 0 radical (unpaired) electrons. The summed E-state index contributed by atoms with van der Waals surface area (Å²) in [5.74, 6) is -0.192. The van der Waals surface area contributed by atoms with E-state index in [4.69, 9.17) is 0 Å². The Morgan fingerprint density at radius 2 is 1.86 bits per heavy atom. The second kappa shape index (κ2) is 7.81. The standard InChI is InChI=1S/C24H24O4S/c1-3-13(2)14-4-6-15(7-5-14)29-16-8-9-17-18(10-16)24(28)20-12-22(26)21(25)11-19(20)23(17)27/h4-7,9-10,12-13,16,21,25,27H,3,8,11H2,1-2H3. The number of thioether (sulfide) groups is 1. The predicted molar refractivity (Wildman–Crippen MR) is 114 cm³/mol. The van der Waals surface area contributed by atoms with E-state index in [-0.39, 0.29) is 28.8 Å². The van der Waals surface area contributed by atoms with Crippen molar-refractivity contribution in [2.24, 2.45) is 0 Å². The smallest absolute Gasteiger partial charge is 0.194 e. The number of benzene rings is 1. The highest BCUT2D eigenvalue weighted by molar-refractivity contribution is 8.00. The van der Waals surface area contributed by atoms with Crippen LogP contribution >= 0.6 is 11.8 Å². The maximum absolute atomic E-state index is 13.0. The number of allylic oxidation sites excluding steroid dienone is 3. The van der Waals surface area contributed by atoms with E-state index in [0.717, 1.165) is 11.3 Å². The Kier molecular flexibility index (Phi) is 5.36. The molecule has 0 saturated heterocycles. The largest absolute Gasteiger partial charge is 0.507 e. The van der Waals surface area contributed by atoms with Gasteiger partial charge in [-0.3, -0.25) is 9.59 Å². The van der Waals surface area contributed by atoms with Crippen molar-refractivity contribution in [2.75, 3.05) is 0 Å². The average molecular weight is 409 g/mol. The molecule has 5 heteroatoms. The van der Waals surface area contributed by atoms with E-state index in [2.05, 4.69) is 38.1 Å². The summed E-state index contributed by atoms with van der Waals surface area (Å²) in [5.41, 5.74) is 2.87. The summed E-state index contributed by atoms with van der Waals surface area (Å²) >= 11 is 1.68. The van der Waals surface area contributed by atoms with Crippen LogP contribution in [0.3, 0.4) is 0 Å². The minimum absolute atomic E-state index is 0.00926. The molecule has 0 bridgehead atoms. The summed E-state index contributed by atoms with van der Waals surface area (Å²) in [6.45, 7) is 4.39. The summed E-state index contributed by atoms with van der Waals surface area (Å²) in [4.78, 5) is 26.0. The monoisotopic (exact) mass is 408 g/mol. The number of carbonyl (C=O) groups excluding carboxylic acids is 2. The number of fused-ring (bicyclic) bond motifs is 2. The second-order valence-corrected chi connectivity index (χ2v) is 9.12. The maximum atomic E-state index is 13.0. The van der Waals surface area contributed by atoms with Crippen LogP contribution in [-0.2, 0) is 9.59 Å². The molecule has 0 amide bonds. The van der Waals surface area contributed by atoms with Gasteiger partial charge in [-0.2, -0.15) is 0 Å². The molecule has 0 aliphatic heterocycles. The molecule has 0 fully saturated rings. The van der Waals surface area contributed by atoms with Crippen LogP contribution in [0.4, 0.5) is 0 Å². The average Bonchev–Trinajstić information content (AvgIpc) is 2.73. The van der Waals surface area contributed by atoms with Gasteiger partial charge in [0.15, 0.2) is 11.6 Å². The molecule has 4 nitrogen and oxygen atoms in total. The van der Waals surface area contributed by atoms with Crippen molar-refractivity contribution in [2.45, 2.75) is 55.3 Å².